The molecule has 0 amide bonds. The summed E-state index contributed by atoms with van der Waals surface area (Å²) in [4.78, 5) is 15.4. The third kappa shape index (κ3) is 3.48. The van der Waals surface area contributed by atoms with Crippen molar-refractivity contribution in [2.75, 3.05) is 0 Å². The van der Waals surface area contributed by atoms with Crippen molar-refractivity contribution in [1.82, 2.24) is 15.0 Å². The molecular weight excluding hydrogens is 639 g/mol. The van der Waals surface area contributed by atoms with E-state index in [1.54, 1.807) is 11.3 Å². The quantitative estimate of drug-likeness (QED) is 0.188. The minimum Gasteiger partial charge on any atom is -0.456 e. The smallest absolute Gasteiger partial charge is 0.167 e. The SMILES string of the molecule is c1ccc(-c2nc(-c3ccc4sc5c6ccccc6cc6oc7ccc8oc3c4c8c7c65)nc(-c3cccc4oc5ccccc5c34)n2)cc1. The van der Waals surface area contributed by atoms with Crippen LogP contribution < -0.4 is 0 Å². The third-order valence-electron chi connectivity index (χ3n) is 9.91. The standard InChI is InChI=1S/C43H21N3O3S/c1-2-9-22(10-3-1)41-44-42(26-14-8-16-29-34(26)25-13-6-7-15-28(25)47-29)46-43(45-41)27-17-20-33-38-36-31(49-39(27)38)19-18-30-35(36)37-32(48-30)21-23-11-4-5-12-24(23)40(37)50-33/h1-21H. The summed E-state index contributed by atoms with van der Waals surface area (Å²) in [5, 5.41) is 8.67. The lowest BCUT2D eigenvalue weighted by molar-refractivity contribution is 0.663. The number of rotatable bonds is 3. The largest absolute Gasteiger partial charge is 0.456 e. The molecule has 0 atom stereocenters. The summed E-state index contributed by atoms with van der Waals surface area (Å²) >= 11 is 1.77. The maximum Gasteiger partial charge on any atom is 0.167 e. The van der Waals surface area contributed by atoms with Crippen molar-refractivity contribution in [3.8, 4) is 34.2 Å². The van der Waals surface area contributed by atoms with Crippen molar-refractivity contribution in [2.45, 2.75) is 0 Å². The molecule has 0 radical (unpaired) electrons. The van der Waals surface area contributed by atoms with Gasteiger partial charge in [0.2, 0.25) is 0 Å². The monoisotopic (exact) mass is 659 g/mol. The van der Waals surface area contributed by atoms with Crippen LogP contribution in [0.5, 0.6) is 0 Å². The van der Waals surface area contributed by atoms with E-state index in [1.807, 2.05) is 72.8 Å². The summed E-state index contributed by atoms with van der Waals surface area (Å²) < 4.78 is 21.9. The number of aromatic nitrogens is 3. The maximum atomic E-state index is 6.80. The van der Waals surface area contributed by atoms with Crippen LogP contribution in [0.2, 0.25) is 0 Å². The predicted octanol–water partition coefficient (Wildman–Crippen LogP) is 12.4. The number of fused-ring (bicyclic) bond motifs is 5. The molecule has 7 heteroatoms. The molecule has 6 nitrogen and oxygen atoms in total. The van der Waals surface area contributed by atoms with E-state index in [1.165, 1.54) is 10.1 Å². The number of hydrogen-bond donors (Lipinski definition) is 0. The Labute approximate surface area is 286 Å². The van der Waals surface area contributed by atoms with Crippen molar-refractivity contribution >= 4 is 97.3 Å². The maximum absolute atomic E-state index is 6.80. The molecule has 0 unspecified atom stereocenters. The summed E-state index contributed by atoms with van der Waals surface area (Å²) in [7, 11) is 0. The molecule has 12 aromatic rings. The molecule has 0 aliphatic rings. The summed E-state index contributed by atoms with van der Waals surface area (Å²) in [5.74, 6) is 1.69. The van der Waals surface area contributed by atoms with Crippen molar-refractivity contribution in [3.63, 3.8) is 0 Å². The van der Waals surface area contributed by atoms with Crippen LogP contribution in [-0.4, -0.2) is 15.0 Å². The lowest BCUT2D eigenvalue weighted by Gasteiger charge is -2.10. The zero-order chi connectivity index (χ0) is 32.5. The molecule has 0 N–H and O–H groups in total. The first kappa shape index (κ1) is 26.4. The molecule has 0 bridgehead atoms. The van der Waals surface area contributed by atoms with Gasteiger partial charge in [-0.2, -0.15) is 0 Å². The van der Waals surface area contributed by atoms with Crippen LogP contribution in [-0.2, 0) is 0 Å². The van der Waals surface area contributed by atoms with E-state index in [9.17, 15) is 0 Å². The van der Waals surface area contributed by atoms with E-state index in [0.29, 0.717) is 17.5 Å². The summed E-state index contributed by atoms with van der Waals surface area (Å²) in [6.45, 7) is 0. The molecule has 0 saturated heterocycles. The van der Waals surface area contributed by atoms with E-state index in [4.69, 9.17) is 28.2 Å². The number of benzene rings is 7. The van der Waals surface area contributed by atoms with Gasteiger partial charge in [0.25, 0.3) is 0 Å². The van der Waals surface area contributed by atoms with Gasteiger partial charge in [-0.15, -0.1) is 11.3 Å². The van der Waals surface area contributed by atoms with Gasteiger partial charge in [-0.05, 0) is 53.2 Å². The highest BCUT2D eigenvalue weighted by Gasteiger charge is 2.25. The third-order valence-corrected chi connectivity index (χ3v) is 11.1. The second-order valence-electron chi connectivity index (χ2n) is 12.7. The lowest BCUT2D eigenvalue weighted by Crippen LogP contribution is -2.00. The first-order valence-electron chi connectivity index (χ1n) is 16.4. The van der Waals surface area contributed by atoms with Gasteiger partial charge in [0, 0.05) is 52.8 Å². The van der Waals surface area contributed by atoms with Crippen LogP contribution in [0.4, 0.5) is 0 Å². The topological polar surface area (TPSA) is 78.1 Å². The Morgan fingerprint density at radius 2 is 1.10 bits per heavy atom. The Morgan fingerprint density at radius 3 is 2.00 bits per heavy atom. The average molecular weight is 660 g/mol. The number of nitrogens with zero attached hydrogens (tertiary/aromatic N) is 3. The van der Waals surface area contributed by atoms with Gasteiger partial charge in [0.15, 0.2) is 17.5 Å². The fraction of sp³-hybridized carbons (Fsp3) is 0. The molecule has 50 heavy (non-hydrogen) atoms. The van der Waals surface area contributed by atoms with Crippen molar-refractivity contribution in [2.24, 2.45) is 0 Å². The molecule has 5 aromatic heterocycles. The highest BCUT2D eigenvalue weighted by Crippen LogP contribution is 2.50. The normalized spacial score (nSPS) is 12.4. The van der Waals surface area contributed by atoms with Crippen LogP contribution in [0, 0.1) is 0 Å². The van der Waals surface area contributed by atoms with Gasteiger partial charge in [-0.3, -0.25) is 0 Å². The van der Waals surface area contributed by atoms with Crippen molar-refractivity contribution in [1.29, 1.82) is 0 Å². The zero-order valence-corrected chi connectivity index (χ0v) is 26.9. The molecule has 0 aliphatic heterocycles. The number of hydrogen-bond acceptors (Lipinski definition) is 7. The zero-order valence-electron chi connectivity index (χ0n) is 26.1. The molecule has 12 rings (SSSR count). The van der Waals surface area contributed by atoms with Crippen LogP contribution in [0.3, 0.4) is 0 Å². The minimum atomic E-state index is 0.537. The van der Waals surface area contributed by atoms with Crippen LogP contribution in [0.15, 0.2) is 141 Å². The van der Waals surface area contributed by atoms with Crippen molar-refractivity contribution < 1.29 is 13.3 Å². The Bertz CT molecular complexity index is 3330. The first-order chi connectivity index (χ1) is 24.8. The second-order valence-corrected chi connectivity index (χ2v) is 13.7. The van der Waals surface area contributed by atoms with E-state index >= 15 is 0 Å². The summed E-state index contributed by atoms with van der Waals surface area (Å²) in [6.07, 6.45) is 0. The molecule has 5 heterocycles. The molecule has 0 aliphatic carbocycles. The fourth-order valence-corrected chi connectivity index (χ4v) is 9.00. The molecule has 0 spiro atoms. The van der Waals surface area contributed by atoms with Crippen molar-refractivity contribution in [3.05, 3.63) is 127 Å². The first-order valence-corrected chi connectivity index (χ1v) is 17.2. The van der Waals surface area contributed by atoms with E-state index in [-0.39, 0.29) is 0 Å². The molecule has 7 aromatic carbocycles. The fourth-order valence-electron chi connectivity index (χ4n) is 7.74. The Kier molecular flexibility index (Phi) is 5.03. The highest BCUT2D eigenvalue weighted by atomic mass is 32.1. The van der Waals surface area contributed by atoms with Crippen LogP contribution in [0.25, 0.3) is 120 Å². The van der Waals surface area contributed by atoms with E-state index in [2.05, 4.69) is 54.6 Å². The summed E-state index contributed by atoms with van der Waals surface area (Å²) in [6, 6.07) is 43.2. The van der Waals surface area contributed by atoms with E-state index < -0.39 is 0 Å². The minimum absolute atomic E-state index is 0.537. The van der Waals surface area contributed by atoms with Crippen LogP contribution in [0.1, 0.15) is 0 Å². The van der Waals surface area contributed by atoms with E-state index in [0.717, 1.165) is 92.6 Å². The Morgan fingerprint density at radius 1 is 0.420 bits per heavy atom. The van der Waals surface area contributed by atoms with Gasteiger partial charge in [0.1, 0.15) is 33.5 Å². The average Bonchev–Trinajstić information content (AvgIpc) is 3.83. The second kappa shape index (κ2) is 9.53. The van der Waals surface area contributed by atoms with Gasteiger partial charge < -0.3 is 13.3 Å². The van der Waals surface area contributed by atoms with Gasteiger partial charge in [-0.25, -0.2) is 15.0 Å². The van der Waals surface area contributed by atoms with Gasteiger partial charge in [-0.1, -0.05) is 84.9 Å². The Balaban J connectivity index is 1.19. The molecule has 0 saturated carbocycles. The Hall–Kier alpha value is -6.57. The van der Waals surface area contributed by atoms with Crippen LogP contribution >= 0.6 is 11.3 Å². The number of furan rings is 3. The number of para-hydroxylation sites is 1. The molecule has 232 valence electrons. The van der Waals surface area contributed by atoms with Gasteiger partial charge in [0.05, 0.1) is 5.56 Å². The summed E-state index contributed by atoms with van der Waals surface area (Å²) in [5.41, 5.74) is 7.46. The predicted molar refractivity (Wildman–Crippen MR) is 202 cm³/mol. The molecule has 0 fully saturated rings. The highest BCUT2D eigenvalue weighted by molar-refractivity contribution is 7.25. The van der Waals surface area contributed by atoms with Gasteiger partial charge >= 0.3 is 0 Å². The lowest BCUT2D eigenvalue weighted by atomic mass is 10.0. The molecular formula is C43H21N3O3S.